The molecule has 1 aromatic rings. The quantitative estimate of drug-likeness (QED) is 0.790. The van der Waals surface area contributed by atoms with Crippen LogP contribution in [0.3, 0.4) is 0 Å². The number of nitrogens with one attached hydrogen (secondary N) is 1. The summed E-state index contributed by atoms with van der Waals surface area (Å²) in [5.41, 5.74) is 0.287. The topological polar surface area (TPSA) is 92.8 Å². The summed E-state index contributed by atoms with van der Waals surface area (Å²) in [6.07, 6.45) is 2.41. The molecule has 7 nitrogen and oxygen atoms in total. The number of anilines is 1. The molecule has 0 aliphatic carbocycles. The van der Waals surface area contributed by atoms with Crippen molar-refractivity contribution in [2.24, 2.45) is 5.92 Å². The summed E-state index contributed by atoms with van der Waals surface area (Å²) in [5.74, 6) is -0.593. The molecule has 0 spiro atoms. The van der Waals surface area contributed by atoms with E-state index in [1.807, 2.05) is 4.90 Å². The second-order valence-corrected chi connectivity index (χ2v) is 7.87. The van der Waals surface area contributed by atoms with Crippen LogP contribution in [-0.2, 0) is 24.2 Å². The van der Waals surface area contributed by atoms with Crippen LogP contribution in [0.4, 0.5) is 5.69 Å². The van der Waals surface area contributed by atoms with E-state index in [2.05, 4.69) is 5.32 Å². The second-order valence-electron chi connectivity index (χ2n) is 5.89. The Hall–Kier alpha value is -1.93. The summed E-state index contributed by atoms with van der Waals surface area (Å²) in [6, 6.07) is 6.32. The van der Waals surface area contributed by atoms with Crippen LogP contribution >= 0.6 is 0 Å². The number of rotatable bonds is 5. The Kier molecular flexibility index (Phi) is 5.95. The zero-order chi connectivity index (χ0) is 17.7. The molecule has 0 aromatic heterocycles. The van der Waals surface area contributed by atoms with Gasteiger partial charge in [-0.1, -0.05) is 12.1 Å². The van der Waals surface area contributed by atoms with E-state index in [0.29, 0.717) is 25.9 Å². The number of ether oxygens (including phenoxy) is 1. The van der Waals surface area contributed by atoms with Gasteiger partial charge in [0.05, 0.1) is 30.2 Å². The van der Waals surface area contributed by atoms with Gasteiger partial charge in [-0.15, -0.1) is 0 Å². The number of para-hydroxylation sites is 1. The van der Waals surface area contributed by atoms with Crippen molar-refractivity contribution in [1.82, 2.24) is 4.90 Å². The van der Waals surface area contributed by atoms with Crippen molar-refractivity contribution < 1.29 is 22.7 Å². The average Bonchev–Trinajstić information content (AvgIpc) is 2.54. The molecule has 1 N–H and O–H groups in total. The zero-order valence-corrected chi connectivity index (χ0v) is 14.6. The van der Waals surface area contributed by atoms with E-state index < -0.39 is 9.84 Å². The van der Waals surface area contributed by atoms with E-state index >= 15 is 0 Å². The summed E-state index contributed by atoms with van der Waals surface area (Å²) >= 11 is 0. The Morgan fingerprint density at radius 2 is 1.88 bits per heavy atom. The monoisotopic (exact) mass is 354 g/mol. The molecule has 2 rings (SSSR count). The van der Waals surface area contributed by atoms with Crippen molar-refractivity contribution in [2.75, 3.05) is 38.3 Å². The van der Waals surface area contributed by atoms with Crippen LogP contribution in [-0.4, -0.2) is 58.2 Å². The molecule has 1 fully saturated rings. The third-order valence-electron chi connectivity index (χ3n) is 4.05. The predicted octanol–water partition coefficient (Wildman–Crippen LogP) is 0.914. The van der Waals surface area contributed by atoms with Crippen LogP contribution in [0.25, 0.3) is 0 Å². The zero-order valence-electron chi connectivity index (χ0n) is 13.8. The van der Waals surface area contributed by atoms with E-state index in [0.717, 1.165) is 6.26 Å². The Balaban J connectivity index is 1.93. The molecule has 132 valence electrons. The van der Waals surface area contributed by atoms with Crippen LogP contribution in [0.5, 0.6) is 0 Å². The van der Waals surface area contributed by atoms with Gasteiger partial charge in [-0.3, -0.25) is 14.5 Å². The standard InChI is InChI=1S/C16H22N2O5S/c1-23-16(20)12-7-9-18(10-8-12)11-15(19)17-13-5-3-4-6-14(13)24(2,21)22/h3-6,12H,7-11H2,1-2H3,(H,17,19). The van der Waals surface area contributed by atoms with Crippen molar-refractivity contribution in [3.63, 3.8) is 0 Å². The Labute approximate surface area is 141 Å². The number of piperidine rings is 1. The summed E-state index contributed by atoms with van der Waals surface area (Å²) in [6.45, 7) is 1.41. The van der Waals surface area contributed by atoms with E-state index in [-0.39, 0.29) is 34.9 Å². The molecule has 1 amide bonds. The largest absolute Gasteiger partial charge is 0.469 e. The van der Waals surface area contributed by atoms with Gasteiger partial charge in [0.1, 0.15) is 0 Å². The molecular formula is C16H22N2O5S. The van der Waals surface area contributed by atoms with Crippen molar-refractivity contribution in [3.8, 4) is 0 Å². The average molecular weight is 354 g/mol. The van der Waals surface area contributed by atoms with E-state index in [4.69, 9.17) is 4.74 Å². The van der Waals surface area contributed by atoms with Crippen LogP contribution in [0.2, 0.25) is 0 Å². The van der Waals surface area contributed by atoms with Crippen LogP contribution in [0, 0.1) is 5.92 Å². The molecule has 8 heteroatoms. The van der Waals surface area contributed by atoms with Gasteiger partial charge in [0.15, 0.2) is 9.84 Å². The number of hydrogen-bond donors (Lipinski definition) is 1. The molecule has 0 atom stereocenters. The molecule has 1 aliphatic rings. The first-order chi connectivity index (χ1) is 11.3. The highest BCUT2D eigenvalue weighted by atomic mass is 32.2. The molecule has 1 saturated heterocycles. The highest BCUT2D eigenvalue weighted by molar-refractivity contribution is 7.90. The highest BCUT2D eigenvalue weighted by Gasteiger charge is 2.26. The smallest absolute Gasteiger partial charge is 0.308 e. The van der Waals surface area contributed by atoms with Crippen LogP contribution in [0.1, 0.15) is 12.8 Å². The van der Waals surface area contributed by atoms with Gasteiger partial charge >= 0.3 is 5.97 Å². The third kappa shape index (κ3) is 4.78. The number of carbonyl (C=O) groups excluding carboxylic acids is 2. The van der Waals surface area contributed by atoms with Crippen LogP contribution in [0.15, 0.2) is 29.2 Å². The number of carbonyl (C=O) groups is 2. The normalized spacial score (nSPS) is 16.6. The number of sulfone groups is 1. The molecule has 0 unspecified atom stereocenters. The number of benzene rings is 1. The molecule has 1 aliphatic heterocycles. The number of likely N-dealkylation sites (tertiary alicyclic amines) is 1. The maximum absolute atomic E-state index is 12.2. The maximum Gasteiger partial charge on any atom is 0.308 e. The summed E-state index contributed by atoms with van der Waals surface area (Å²) in [7, 11) is -2.04. The van der Waals surface area contributed by atoms with Gasteiger partial charge in [0, 0.05) is 6.26 Å². The Bertz CT molecular complexity index is 709. The van der Waals surface area contributed by atoms with Gasteiger partial charge in [-0.25, -0.2) is 8.42 Å². The third-order valence-corrected chi connectivity index (χ3v) is 5.20. The van der Waals surface area contributed by atoms with Gasteiger partial charge in [-0.2, -0.15) is 0 Å². The number of esters is 1. The van der Waals surface area contributed by atoms with Crippen molar-refractivity contribution >= 4 is 27.4 Å². The van der Waals surface area contributed by atoms with Gasteiger partial charge in [-0.05, 0) is 38.1 Å². The van der Waals surface area contributed by atoms with E-state index in [1.54, 1.807) is 18.2 Å². The van der Waals surface area contributed by atoms with Crippen molar-refractivity contribution in [3.05, 3.63) is 24.3 Å². The van der Waals surface area contributed by atoms with Gasteiger partial charge in [0.25, 0.3) is 0 Å². The van der Waals surface area contributed by atoms with E-state index in [9.17, 15) is 18.0 Å². The number of nitrogens with zero attached hydrogens (tertiary/aromatic N) is 1. The maximum atomic E-state index is 12.2. The van der Waals surface area contributed by atoms with Gasteiger partial charge in [0.2, 0.25) is 5.91 Å². The van der Waals surface area contributed by atoms with Crippen molar-refractivity contribution in [2.45, 2.75) is 17.7 Å². The summed E-state index contributed by atoms with van der Waals surface area (Å²) in [4.78, 5) is 25.7. The van der Waals surface area contributed by atoms with E-state index in [1.165, 1.54) is 13.2 Å². The first kappa shape index (κ1) is 18.4. The minimum Gasteiger partial charge on any atom is -0.469 e. The first-order valence-electron chi connectivity index (χ1n) is 7.70. The second kappa shape index (κ2) is 7.76. The van der Waals surface area contributed by atoms with Gasteiger partial charge < -0.3 is 10.1 Å². The lowest BCUT2D eigenvalue weighted by Crippen LogP contribution is -2.41. The lowest BCUT2D eigenvalue weighted by molar-refractivity contribution is -0.147. The fraction of sp³-hybridized carbons (Fsp3) is 0.500. The molecule has 0 radical (unpaired) electrons. The number of amides is 1. The molecule has 0 bridgehead atoms. The fourth-order valence-corrected chi connectivity index (χ4v) is 3.62. The highest BCUT2D eigenvalue weighted by Crippen LogP contribution is 2.21. The minimum absolute atomic E-state index is 0.0998. The predicted molar refractivity (Wildman–Crippen MR) is 89.4 cm³/mol. The molecule has 1 aromatic carbocycles. The lowest BCUT2D eigenvalue weighted by Gasteiger charge is -2.30. The number of hydrogen-bond acceptors (Lipinski definition) is 6. The van der Waals surface area contributed by atoms with Crippen molar-refractivity contribution in [1.29, 1.82) is 0 Å². The van der Waals surface area contributed by atoms with Crippen LogP contribution < -0.4 is 5.32 Å². The molecule has 1 heterocycles. The minimum atomic E-state index is -3.41. The first-order valence-corrected chi connectivity index (χ1v) is 9.59. The SMILES string of the molecule is COC(=O)C1CCN(CC(=O)Nc2ccccc2S(C)(=O)=O)CC1. The summed E-state index contributed by atoms with van der Waals surface area (Å²) < 4.78 is 28.2. The Morgan fingerprint density at radius 1 is 1.25 bits per heavy atom. The molecule has 24 heavy (non-hydrogen) atoms. The lowest BCUT2D eigenvalue weighted by atomic mass is 9.97. The molecular weight excluding hydrogens is 332 g/mol. The fourth-order valence-electron chi connectivity index (χ4n) is 2.78. The number of methoxy groups -OCH3 is 1. The Morgan fingerprint density at radius 3 is 2.46 bits per heavy atom. The molecule has 0 saturated carbocycles. The summed E-state index contributed by atoms with van der Waals surface area (Å²) in [5, 5.41) is 2.66.